The van der Waals surface area contributed by atoms with Crippen molar-refractivity contribution in [3.8, 4) is 0 Å². The summed E-state index contributed by atoms with van der Waals surface area (Å²) in [5.41, 5.74) is 0.716. The fraction of sp³-hybridized carbons (Fsp3) is 0.600. The predicted octanol–water partition coefficient (Wildman–Crippen LogP) is 2.45. The summed E-state index contributed by atoms with van der Waals surface area (Å²) >= 11 is 0. The third-order valence-electron chi connectivity index (χ3n) is 4.04. The molecule has 20 heavy (non-hydrogen) atoms. The molecule has 0 bridgehead atoms. The van der Waals surface area contributed by atoms with Crippen molar-refractivity contribution in [1.29, 1.82) is 0 Å². The summed E-state index contributed by atoms with van der Waals surface area (Å²) in [5, 5.41) is 9.42. The van der Waals surface area contributed by atoms with Crippen molar-refractivity contribution in [3.63, 3.8) is 0 Å². The molecule has 0 radical (unpaired) electrons. The van der Waals surface area contributed by atoms with Crippen molar-refractivity contribution in [3.05, 3.63) is 29.8 Å². The van der Waals surface area contributed by atoms with Crippen molar-refractivity contribution in [2.45, 2.75) is 44.1 Å². The monoisotopic (exact) mass is 297 g/mol. The summed E-state index contributed by atoms with van der Waals surface area (Å²) in [6.45, 7) is 4.39. The second-order valence-electron chi connectivity index (χ2n) is 5.88. The lowest BCUT2D eigenvalue weighted by molar-refractivity contribution is 0.199. The molecule has 3 unspecified atom stereocenters. The average molecular weight is 297 g/mol. The van der Waals surface area contributed by atoms with Gasteiger partial charge in [-0.1, -0.05) is 25.5 Å². The van der Waals surface area contributed by atoms with E-state index in [1.807, 2.05) is 0 Å². The normalized spacial score (nSPS) is 24.8. The fourth-order valence-corrected chi connectivity index (χ4v) is 3.86. The predicted molar refractivity (Wildman–Crippen MR) is 78.8 cm³/mol. The molecule has 1 saturated carbocycles. The van der Waals surface area contributed by atoms with Crippen LogP contribution in [0.3, 0.4) is 0 Å². The highest BCUT2D eigenvalue weighted by molar-refractivity contribution is 7.89. The summed E-state index contributed by atoms with van der Waals surface area (Å²) in [6.07, 6.45) is 2.81. The van der Waals surface area contributed by atoms with E-state index in [1.54, 1.807) is 31.2 Å². The Balaban J connectivity index is 1.99. The molecule has 2 N–H and O–H groups in total. The van der Waals surface area contributed by atoms with Crippen LogP contribution in [-0.4, -0.2) is 20.1 Å². The van der Waals surface area contributed by atoms with E-state index in [-0.39, 0.29) is 4.90 Å². The van der Waals surface area contributed by atoms with Crippen LogP contribution in [0.15, 0.2) is 29.2 Å². The van der Waals surface area contributed by atoms with Gasteiger partial charge in [0.1, 0.15) is 0 Å². The fourth-order valence-electron chi connectivity index (χ4n) is 2.75. The van der Waals surface area contributed by atoms with Gasteiger partial charge < -0.3 is 5.11 Å². The highest BCUT2D eigenvalue weighted by atomic mass is 32.2. The number of aliphatic hydroxyl groups excluding tert-OH is 1. The second-order valence-corrected chi connectivity index (χ2v) is 7.65. The number of sulfonamides is 1. The molecule has 4 nitrogen and oxygen atoms in total. The van der Waals surface area contributed by atoms with Gasteiger partial charge in [0.2, 0.25) is 10.0 Å². The zero-order valence-corrected chi connectivity index (χ0v) is 12.9. The minimum absolute atomic E-state index is 0.257. The lowest BCUT2D eigenvalue weighted by Gasteiger charge is -2.12. The Bertz CT molecular complexity index is 537. The molecule has 3 atom stereocenters. The number of hydrogen-bond donors (Lipinski definition) is 2. The zero-order valence-electron chi connectivity index (χ0n) is 12.0. The minimum Gasteiger partial charge on any atom is -0.389 e. The van der Waals surface area contributed by atoms with E-state index >= 15 is 0 Å². The third-order valence-corrected chi connectivity index (χ3v) is 5.48. The van der Waals surface area contributed by atoms with Crippen LogP contribution in [0, 0.1) is 11.8 Å². The van der Waals surface area contributed by atoms with E-state index in [2.05, 4.69) is 11.6 Å². The maximum Gasteiger partial charge on any atom is 0.240 e. The molecular formula is C15H23NO3S. The molecule has 0 aliphatic heterocycles. The van der Waals surface area contributed by atoms with Crippen molar-refractivity contribution in [2.24, 2.45) is 11.8 Å². The third kappa shape index (κ3) is 3.81. The number of nitrogens with one attached hydrogen (secondary N) is 1. The highest BCUT2D eigenvalue weighted by Gasteiger charge is 2.23. The number of hydrogen-bond acceptors (Lipinski definition) is 3. The molecule has 1 aliphatic carbocycles. The van der Waals surface area contributed by atoms with Crippen molar-refractivity contribution in [1.82, 2.24) is 4.72 Å². The Hall–Kier alpha value is -0.910. The van der Waals surface area contributed by atoms with E-state index in [4.69, 9.17) is 0 Å². The largest absolute Gasteiger partial charge is 0.389 e. The van der Waals surface area contributed by atoms with Crippen molar-refractivity contribution < 1.29 is 13.5 Å². The van der Waals surface area contributed by atoms with Crippen LogP contribution >= 0.6 is 0 Å². The summed E-state index contributed by atoms with van der Waals surface area (Å²) in [4.78, 5) is 0.257. The maximum absolute atomic E-state index is 12.2. The molecule has 1 aromatic rings. The number of aliphatic hydroxyl groups is 1. The Kier molecular flexibility index (Phi) is 4.83. The lowest BCUT2D eigenvalue weighted by atomic mass is 10.1. The zero-order chi connectivity index (χ0) is 14.8. The van der Waals surface area contributed by atoms with Gasteiger partial charge in [0.05, 0.1) is 11.0 Å². The second kappa shape index (κ2) is 6.24. The summed E-state index contributed by atoms with van der Waals surface area (Å²) in [5.74, 6) is 1.16. The summed E-state index contributed by atoms with van der Waals surface area (Å²) < 4.78 is 27.1. The molecule has 0 saturated heterocycles. The van der Waals surface area contributed by atoms with E-state index < -0.39 is 16.1 Å². The minimum atomic E-state index is -3.44. The number of benzene rings is 1. The van der Waals surface area contributed by atoms with Crippen LogP contribution in [-0.2, 0) is 10.0 Å². The molecular weight excluding hydrogens is 274 g/mol. The quantitative estimate of drug-likeness (QED) is 0.877. The molecule has 2 rings (SSSR count). The van der Waals surface area contributed by atoms with Gasteiger partial charge in [-0.2, -0.15) is 0 Å². The topological polar surface area (TPSA) is 66.4 Å². The Morgan fingerprint density at radius 3 is 2.45 bits per heavy atom. The molecule has 0 amide bonds. The molecule has 5 heteroatoms. The van der Waals surface area contributed by atoms with Gasteiger partial charge in [0, 0.05) is 6.54 Å². The summed E-state index contributed by atoms with van der Waals surface area (Å²) in [7, 11) is -3.44. The molecule has 0 heterocycles. The van der Waals surface area contributed by atoms with Crippen molar-refractivity contribution in [2.75, 3.05) is 6.54 Å². The van der Waals surface area contributed by atoms with Crippen LogP contribution in [0.1, 0.15) is 44.8 Å². The van der Waals surface area contributed by atoms with Gasteiger partial charge >= 0.3 is 0 Å². The van der Waals surface area contributed by atoms with Crippen LogP contribution in [0.25, 0.3) is 0 Å². The van der Waals surface area contributed by atoms with E-state index in [0.717, 1.165) is 12.8 Å². The van der Waals surface area contributed by atoms with E-state index in [9.17, 15) is 13.5 Å². The average Bonchev–Trinajstić information content (AvgIpc) is 2.82. The first-order valence-corrected chi connectivity index (χ1v) is 8.64. The molecule has 0 spiro atoms. The van der Waals surface area contributed by atoms with Gasteiger partial charge in [0.25, 0.3) is 0 Å². The van der Waals surface area contributed by atoms with E-state index in [0.29, 0.717) is 23.9 Å². The molecule has 0 aromatic heterocycles. The van der Waals surface area contributed by atoms with Gasteiger partial charge in [-0.15, -0.1) is 0 Å². The van der Waals surface area contributed by atoms with Crippen LogP contribution in [0.4, 0.5) is 0 Å². The van der Waals surface area contributed by atoms with Gasteiger partial charge in [-0.05, 0) is 49.3 Å². The number of rotatable bonds is 5. The molecule has 1 aliphatic rings. The first kappa shape index (κ1) is 15.5. The summed E-state index contributed by atoms with van der Waals surface area (Å²) in [6, 6.07) is 6.39. The molecule has 1 aromatic carbocycles. The molecule has 112 valence electrons. The maximum atomic E-state index is 12.2. The standard InChI is InChI=1S/C15H23NO3S/c1-11-3-4-13(9-11)10-16-20(18,19)15-7-5-14(6-8-15)12(2)17/h5-8,11-13,16-17H,3-4,9-10H2,1-2H3. The Morgan fingerprint density at radius 2 is 1.95 bits per heavy atom. The first-order valence-electron chi connectivity index (χ1n) is 7.16. The van der Waals surface area contributed by atoms with Crippen LogP contribution in [0.5, 0.6) is 0 Å². The van der Waals surface area contributed by atoms with Crippen LogP contribution in [0.2, 0.25) is 0 Å². The van der Waals surface area contributed by atoms with Crippen LogP contribution < -0.4 is 4.72 Å². The van der Waals surface area contributed by atoms with E-state index in [1.165, 1.54) is 6.42 Å². The highest BCUT2D eigenvalue weighted by Crippen LogP contribution is 2.29. The van der Waals surface area contributed by atoms with Gasteiger partial charge in [-0.25, -0.2) is 13.1 Å². The smallest absolute Gasteiger partial charge is 0.240 e. The first-order chi connectivity index (χ1) is 9.38. The Morgan fingerprint density at radius 1 is 1.30 bits per heavy atom. The van der Waals surface area contributed by atoms with Crippen molar-refractivity contribution >= 4 is 10.0 Å². The van der Waals surface area contributed by atoms with Gasteiger partial charge in [-0.3, -0.25) is 0 Å². The SMILES string of the molecule is CC1CCC(CNS(=O)(=O)c2ccc(C(C)O)cc2)C1. The lowest BCUT2D eigenvalue weighted by Crippen LogP contribution is -2.28. The Labute approximate surface area is 121 Å². The van der Waals surface area contributed by atoms with Gasteiger partial charge in [0.15, 0.2) is 0 Å². The molecule has 1 fully saturated rings.